The van der Waals surface area contributed by atoms with Gasteiger partial charge in [0, 0.05) is 6.04 Å². The number of piperidine rings is 1. The molecule has 0 saturated carbocycles. The van der Waals surface area contributed by atoms with Crippen LogP contribution in [0.25, 0.3) is 0 Å². The van der Waals surface area contributed by atoms with E-state index in [0.717, 1.165) is 13.0 Å². The molecule has 1 fully saturated rings. The van der Waals surface area contributed by atoms with E-state index in [4.69, 9.17) is 0 Å². The second-order valence-electron chi connectivity index (χ2n) is 6.08. The maximum atomic E-state index is 9.70. The molecule has 0 aromatic heterocycles. The van der Waals surface area contributed by atoms with E-state index >= 15 is 0 Å². The molecule has 0 radical (unpaired) electrons. The molecule has 0 spiro atoms. The van der Waals surface area contributed by atoms with E-state index in [9.17, 15) is 5.11 Å². The quantitative estimate of drug-likeness (QED) is 0.771. The smallest absolute Gasteiger partial charge is 0.115 e. The number of hydrogen-bond donors (Lipinski definition) is 2. The van der Waals surface area contributed by atoms with E-state index in [1.54, 1.807) is 0 Å². The maximum absolute atomic E-state index is 9.70. The van der Waals surface area contributed by atoms with Crippen LogP contribution in [-0.4, -0.2) is 17.7 Å². The van der Waals surface area contributed by atoms with Gasteiger partial charge in [-0.1, -0.05) is 19.9 Å². The highest BCUT2D eigenvalue weighted by Crippen LogP contribution is 2.45. The van der Waals surface area contributed by atoms with Gasteiger partial charge in [0.2, 0.25) is 0 Å². The zero-order chi connectivity index (χ0) is 12.0. The van der Waals surface area contributed by atoms with Gasteiger partial charge >= 0.3 is 0 Å². The minimum atomic E-state index is 0. The highest BCUT2D eigenvalue weighted by Gasteiger charge is 2.43. The fraction of sp³-hybridized carbons (Fsp3) is 0.600. The summed E-state index contributed by atoms with van der Waals surface area (Å²) in [6.07, 6.45) is 3.70. The lowest BCUT2D eigenvalue weighted by atomic mass is 9.61. The molecule has 100 valence electrons. The van der Waals surface area contributed by atoms with Crippen LogP contribution in [0.15, 0.2) is 18.2 Å². The topological polar surface area (TPSA) is 32.3 Å². The Balaban J connectivity index is 0.00000120. The van der Waals surface area contributed by atoms with Gasteiger partial charge in [-0.2, -0.15) is 0 Å². The van der Waals surface area contributed by atoms with E-state index in [1.165, 1.54) is 24.0 Å². The maximum Gasteiger partial charge on any atom is 0.115 e. The number of hydrogen-bond acceptors (Lipinski definition) is 2. The van der Waals surface area contributed by atoms with Crippen molar-refractivity contribution >= 4 is 17.0 Å². The summed E-state index contributed by atoms with van der Waals surface area (Å²) in [7, 11) is 0. The number of halogens is 1. The summed E-state index contributed by atoms with van der Waals surface area (Å²) in [4.78, 5) is 0. The van der Waals surface area contributed by atoms with E-state index in [1.807, 2.05) is 12.1 Å². The number of phenolic OH excluding ortho intramolecular Hbond substituents is 1. The summed E-state index contributed by atoms with van der Waals surface area (Å²) in [5.41, 5.74) is 2.93. The molecule has 1 aliphatic heterocycles. The molecule has 1 heterocycles. The van der Waals surface area contributed by atoms with Crippen LogP contribution in [0.3, 0.4) is 0 Å². The van der Waals surface area contributed by atoms with Gasteiger partial charge in [-0.05, 0) is 60.4 Å². The third-order valence-electron chi connectivity index (χ3n) is 4.74. The van der Waals surface area contributed by atoms with Gasteiger partial charge in [0.05, 0.1) is 0 Å². The average Bonchev–Trinajstić information content (AvgIpc) is 2.31. The number of phenols is 1. The molecule has 1 aromatic rings. The Labute approximate surface area is 120 Å². The largest absolute Gasteiger partial charge is 0.508 e. The van der Waals surface area contributed by atoms with Gasteiger partial charge in [-0.25, -0.2) is 0 Å². The van der Waals surface area contributed by atoms with Crippen LogP contribution in [0.4, 0.5) is 0 Å². The molecule has 0 amide bonds. The Morgan fingerprint density at radius 1 is 1.33 bits per heavy atom. The van der Waals surface area contributed by atoms with E-state index in [-0.39, 0.29) is 22.4 Å². The van der Waals surface area contributed by atoms with E-state index < -0.39 is 0 Å². The number of nitrogens with one attached hydrogen (secondary N) is 1. The molecule has 2 atom stereocenters. The van der Waals surface area contributed by atoms with Crippen molar-refractivity contribution in [2.75, 3.05) is 6.54 Å². The molecule has 3 heteroatoms. The first-order valence-electron chi connectivity index (χ1n) is 6.65. The first-order valence-corrected chi connectivity index (χ1v) is 6.65. The van der Waals surface area contributed by atoms with Crippen LogP contribution in [-0.2, 0) is 11.8 Å². The first kappa shape index (κ1) is 13.9. The molecule has 1 saturated heterocycles. The number of benzene rings is 1. The van der Waals surface area contributed by atoms with E-state index in [0.29, 0.717) is 17.7 Å². The highest BCUT2D eigenvalue weighted by molar-refractivity contribution is 8.93. The van der Waals surface area contributed by atoms with Crippen molar-refractivity contribution in [1.29, 1.82) is 0 Å². The fourth-order valence-corrected chi connectivity index (χ4v) is 3.81. The zero-order valence-corrected chi connectivity index (χ0v) is 12.8. The molecule has 2 N–H and O–H groups in total. The third-order valence-corrected chi connectivity index (χ3v) is 4.74. The van der Waals surface area contributed by atoms with Crippen molar-refractivity contribution in [2.24, 2.45) is 5.92 Å². The molecular formula is C15H22BrNO. The lowest BCUT2D eigenvalue weighted by Crippen LogP contribution is -2.53. The van der Waals surface area contributed by atoms with Crippen LogP contribution in [0.5, 0.6) is 5.75 Å². The Hall–Kier alpha value is -0.540. The summed E-state index contributed by atoms with van der Waals surface area (Å²) >= 11 is 0. The highest BCUT2D eigenvalue weighted by atomic mass is 79.9. The summed E-state index contributed by atoms with van der Waals surface area (Å²) in [5, 5.41) is 13.4. The minimum absolute atomic E-state index is 0. The van der Waals surface area contributed by atoms with Crippen LogP contribution < -0.4 is 5.32 Å². The number of aromatic hydroxyl groups is 1. The number of rotatable bonds is 0. The number of fused-ring (bicyclic) bond motifs is 2. The van der Waals surface area contributed by atoms with Gasteiger partial charge in [-0.15, -0.1) is 17.0 Å². The first-order chi connectivity index (χ1) is 8.09. The Kier molecular flexibility index (Phi) is 3.75. The Morgan fingerprint density at radius 2 is 2.11 bits per heavy atom. The normalized spacial score (nSPS) is 28.8. The predicted molar refractivity (Wildman–Crippen MR) is 79.7 cm³/mol. The molecule has 3 rings (SSSR count). The predicted octanol–water partition coefficient (Wildman–Crippen LogP) is 3.17. The summed E-state index contributed by atoms with van der Waals surface area (Å²) in [6, 6.07) is 6.51. The van der Waals surface area contributed by atoms with Gasteiger partial charge in [0.15, 0.2) is 0 Å². The van der Waals surface area contributed by atoms with Crippen molar-refractivity contribution in [3.8, 4) is 5.75 Å². The van der Waals surface area contributed by atoms with Crippen LogP contribution in [0.2, 0.25) is 0 Å². The molecule has 2 nitrogen and oxygen atoms in total. The van der Waals surface area contributed by atoms with Crippen molar-refractivity contribution in [2.45, 2.75) is 44.6 Å². The standard InChI is InChI=1S/C15H21NO.BrH/c1-15(2)12-4-3-7-16-14(12)8-10-5-6-11(17)9-13(10)15;/h5-6,9,12,14,16-17H,3-4,7-8H2,1-2H3;1H/t12-,14-;/m1./s1. The van der Waals surface area contributed by atoms with Gasteiger partial charge in [0.25, 0.3) is 0 Å². The minimum Gasteiger partial charge on any atom is -0.508 e. The van der Waals surface area contributed by atoms with Crippen molar-refractivity contribution in [3.05, 3.63) is 29.3 Å². The van der Waals surface area contributed by atoms with Crippen LogP contribution in [0.1, 0.15) is 37.8 Å². The third kappa shape index (κ3) is 2.08. The Morgan fingerprint density at radius 3 is 2.89 bits per heavy atom. The lowest BCUT2D eigenvalue weighted by Gasteiger charge is -2.48. The van der Waals surface area contributed by atoms with Gasteiger partial charge < -0.3 is 10.4 Å². The second kappa shape index (κ2) is 4.86. The molecular weight excluding hydrogens is 290 g/mol. The summed E-state index contributed by atoms with van der Waals surface area (Å²) in [5.74, 6) is 1.10. The van der Waals surface area contributed by atoms with Crippen LogP contribution in [0, 0.1) is 5.92 Å². The fourth-order valence-electron chi connectivity index (χ4n) is 3.81. The average molecular weight is 312 g/mol. The molecule has 1 aliphatic carbocycles. The van der Waals surface area contributed by atoms with Crippen molar-refractivity contribution < 1.29 is 5.11 Å². The Bertz CT molecular complexity index is 444. The molecule has 0 bridgehead atoms. The zero-order valence-electron chi connectivity index (χ0n) is 11.1. The molecule has 2 aliphatic rings. The molecule has 18 heavy (non-hydrogen) atoms. The second-order valence-corrected chi connectivity index (χ2v) is 6.08. The van der Waals surface area contributed by atoms with Crippen molar-refractivity contribution in [3.63, 3.8) is 0 Å². The van der Waals surface area contributed by atoms with Gasteiger partial charge in [-0.3, -0.25) is 0 Å². The summed E-state index contributed by atoms with van der Waals surface area (Å²) < 4.78 is 0. The van der Waals surface area contributed by atoms with Crippen LogP contribution >= 0.6 is 17.0 Å². The van der Waals surface area contributed by atoms with Crippen molar-refractivity contribution in [1.82, 2.24) is 5.32 Å². The van der Waals surface area contributed by atoms with E-state index in [2.05, 4.69) is 25.2 Å². The summed E-state index contributed by atoms with van der Waals surface area (Å²) in [6.45, 7) is 5.81. The monoisotopic (exact) mass is 311 g/mol. The molecule has 0 unspecified atom stereocenters. The lowest BCUT2D eigenvalue weighted by molar-refractivity contribution is 0.168. The SMILES string of the molecule is Br.CC1(C)c2cc(O)ccc2C[C@H]2NCCC[C@H]21. The molecule has 1 aromatic carbocycles. The van der Waals surface area contributed by atoms with Gasteiger partial charge in [0.1, 0.15) is 5.75 Å².